The number of halogens is 1. The van der Waals surface area contributed by atoms with Crippen LogP contribution in [0.25, 0.3) is 5.69 Å². The molecule has 3 aromatic rings. The van der Waals surface area contributed by atoms with E-state index < -0.39 is 0 Å². The molecule has 0 aliphatic carbocycles. The minimum Gasteiger partial charge on any atom is -0.496 e. The average Bonchev–Trinajstić information content (AvgIpc) is 3.02. The third kappa shape index (κ3) is 3.26. The van der Waals surface area contributed by atoms with E-state index in [2.05, 4.69) is 10.2 Å². The van der Waals surface area contributed by atoms with E-state index in [0.717, 1.165) is 22.2 Å². The summed E-state index contributed by atoms with van der Waals surface area (Å²) >= 11 is 7.65. The quantitative estimate of drug-likeness (QED) is 0.656. The van der Waals surface area contributed by atoms with Crippen LogP contribution in [0, 0.1) is 0 Å². The van der Waals surface area contributed by atoms with Crippen LogP contribution in [-0.4, -0.2) is 21.9 Å². The number of nitrogens with zero attached hydrogens (tertiary/aromatic N) is 3. The molecule has 0 spiro atoms. The van der Waals surface area contributed by atoms with Crippen molar-refractivity contribution in [2.24, 2.45) is 0 Å². The molecule has 0 radical (unpaired) electrons. The maximum absolute atomic E-state index is 6.06. The van der Waals surface area contributed by atoms with Crippen molar-refractivity contribution >= 4 is 23.4 Å². The zero-order valence-corrected chi connectivity index (χ0v) is 13.5. The minimum absolute atomic E-state index is 0.695. The van der Waals surface area contributed by atoms with E-state index in [1.807, 2.05) is 53.1 Å². The van der Waals surface area contributed by atoms with Gasteiger partial charge in [-0.15, -0.1) is 10.2 Å². The topological polar surface area (TPSA) is 39.9 Å². The monoisotopic (exact) mass is 331 g/mol. The van der Waals surface area contributed by atoms with E-state index in [1.165, 1.54) is 0 Å². The lowest BCUT2D eigenvalue weighted by Gasteiger charge is -2.09. The van der Waals surface area contributed by atoms with Gasteiger partial charge in [0.25, 0.3) is 0 Å². The number of hydrogen-bond acceptors (Lipinski definition) is 4. The Balaban J connectivity index is 1.81. The molecule has 0 saturated carbocycles. The van der Waals surface area contributed by atoms with Gasteiger partial charge >= 0.3 is 0 Å². The van der Waals surface area contributed by atoms with Crippen LogP contribution in [0.1, 0.15) is 5.56 Å². The zero-order chi connectivity index (χ0) is 15.4. The lowest BCUT2D eigenvalue weighted by Crippen LogP contribution is -1.96. The van der Waals surface area contributed by atoms with E-state index in [-0.39, 0.29) is 0 Å². The van der Waals surface area contributed by atoms with Crippen LogP contribution in [-0.2, 0) is 5.75 Å². The Morgan fingerprint density at radius 2 is 2.00 bits per heavy atom. The highest BCUT2D eigenvalue weighted by Crippen LogP contribution is 2.30. The maximum atomic E-state index is 6.06. The average molecular weight is 332 g/mol. The Bertz CT molecular complexity index is 761. The fourth-order valence-electron chi connectivity index (χ4n) is 2.09. The van der Waals surface area contributed by atoms with Crippen LogP contribution in [0.15, 0.2) is 60.0 Å². The van der Waals surface area contributed by atoms with Crippen molar-refractivity contribution in [2.75, 3.05) is 7.11 Å². The smallest absolute Gasteiger partial charge is 0.195 e. The number of aromatic nitrogens is 3. The standard InChI is InChI=1S/C16H14ClN3OS/c1-21-15-8-7-13(17)9-12(15)10-22-16-19-18-11-20(16)14-5-3-2-4-6-14/h2-9,11H,10H2,1H3. The zero-order valence-electron chi connectivity index (χ0n) is 11.9. The molecule has 1 heterocycles. The molecule has 2 aromatic carbocycles. The van der Waals surface area contributed by atoms with E-state index in [1.54, 1.807) is 25.2 Å². The summed E-state index contributed by atoms with van der Waals surface area (Å²) < 4.78 is 7.33. The molecule has 0 atom stereocenters. The molecule has 0 N–H and O–H groups in total. The molecule has 0 unspecified atom stereocenters. The molecular formula is C16H14ClN3OS. The van der Waals surface area contributed by atoms with Gasteiger partial charge in [0.15, 0.2) is 5.16 Å². The lowest BCUT2D eigenvalue weighted by atomic mass is 10.2. The van der Waals surface area contributed by atoms with Crippen molar-refractivity contribution in [3.63, 3.8) is 0 Å². The molecule has 0 aliphatic rings. The van der Waals surface area contributed by atoms with E-state index in [4.69, 9.17) is 16.3 Å². The molecule has 0 aliphatic heterocycles. The van der Waals surface area contributed by atoms with Crippen molar-refractivity contribution in [1.29, 1.82) is 0 Å². The largest absolute Gasteiger partial charge is 0.496 e. The molecular weight excluding hydrogens is 318 g/mol. The number of ether oxygens (including phenoxy) is 1. The van der Waals surface area contributed by atoms with Crippen LogP contribution in [0.3, 0.4) is 0 Å². The van der Waals surface area contributed by atoms with Crippen LogP contribution in [0.4, 0.5) is 0 Å². The Hall–Kier alpha value is -1.98. The first-order chi connectivity index (χ1) is 10.8. The highest BCUT2D eigenvalue weighted by molar-refractivity contribution is 7.98. The van der Waals surface area contributed by atoms with Gasteiger partial charge in [0.1, 0.15) is 12.1 Å². The minimum atomic E-state index is 0.695. The molecule has 3 rings (SSSR count). The van der Waals surface area contributed by atoms with E-state index >= 15 is 0 Å². The van der Waals surface area contributed by atoms with Gasteiger partial charge in [-0.05, 0) is 30.3 Å². The lowest BCUT2D eigenvalue weighted by molar-refractivity contribution is 0.411. The number of methoxy groups -OCH3 is 1. The van der Waals surface area contributed by atoms with Crippen LogP contribution in [0.2, 0.25) is 5.02 Å². The van der Waals surface area contributed by atoms with Gasteiger partial charge in [0, 0.05) is 22.0 Å². The summed E-state index contributed by atoms with van der Waals surface area (Å²) in [4.78, 5) is 0. The van der Waals surface area contributed by atoms with Crippen LogP contribution in [0.5, 0.6) is 5.75 Å². The molecule has 0 fully saturated rings. The van der Waals surface area contributed by atoms with Gasteiger partial charge in [-0.3, -0.25) is 4.57 Å². The summed E-state index contributed by atoms with van der Waals surface area (Å²) in [5.41, 5.74) is 2.07. The molecule has 1 aromatic heterocycles. The summed E-state index contributed by atoms with van der Waals surface area (Å²) in [6.07, 6.45) is 1.72. The Morgan fingerprint density at radius 1 is 1.18 bits per heavy atom. The summed E-state index contributed by atoms with van der Waals surface area (Å²) in [6, 6.07) is 15.6. The maximum Gasteiger partial charge on any atom is 0.195 e. The van der Waals surface area contributed by atoms with Crippen molar-refractivity contribution < 1.29 is 4.74 Å². The second kappa shape index (κ2) is 6.85. The van der Waals surface area contributed by atoms with E-state index in [9.17, 15) is 0 Å². The Morgan fingerprint density at radius 3 is 2.77 bits per heavy atom. The first kappa shape index (κ1) is 14.9. The summed E-state index contributed by atoms with van der Waals surface area (Å²) in [7, 11) is 1.66. The Kier molecular flexibility index (Phi) is 4.65. The van der Waals surface area contributed by atoms with Crippen molar-refractivity contribution in [3.05, 3.63) is 65.4 Å². The molecule has 0 bridgehead atoms. The molecule has 0 amide bonds. The highest BCUT2D eigenvalue weighted by Gasteiger charge is 2.10. The SMILES string of the molecule is COc1ccc(Cl)cc1CSc1nncn1-c1ccccc1. The van der Waals surface area contributed by atoms with Gasteiger partial charge in [-0.1, -0.05) is 41.6 Å². The predicted octanol–water partition coefficient (Wildman–Crippen LogP) is 4.22. The number of para-hydroxylation sites is 1. The summed E-state index contributed by atoms with van der Waals surface area (Å²) in [6.45, 7) is 0. The van der Waals surface area contributed by atoms with Crippen molar-refractivity contribution in [2.45, 2.75) is 10.9 Å². The normalized spacial score (nSPS) is 10.6. The fraction of sp³-hybridized carbons (Fsp3) is 0.125. The van der Waals surface area contributed by atoms with E-state index in [0.29, 0.717) is 10.8 Å². The van der Waals surface area contributed by atoms with Gasteiger partial charge in [-0.2, -0.15) is 0 Å². The molecule has 4 nitrogen and oxygen atoms in total. The second-order valence-corrected chi connectivity index (χ2v) is 5.94. The Labute approximate surface area is 138 Å². The molecule has 112 valence electrons. The number of thioether (sulfide) groups is 1. The van der Waals surface area contributed by atoms with Crippen LogP contribution >= 0.6 is 23.4 Å². The summed E-state index contributed by atoms with van der Waals surface area (Å²) in [5.74, 6) is 1.53. The molecule has 0 saturated heterocycles. The van der Waals surface area contributed by atoms with Crippen molar-refractivity contribution in [3.8, 4) is 11.4 Å². The van der Waals surface area contributed by atoms with Gasteiger partial charge in [0.2, 0.25) is 0 Å². The molecule has 6 heteroatoms. The van der Waals surface area contributed by atoms with Gasteiger partial charge in [-0.25, -0.2) is 0 Å². The van der Waals surface area contributed by atoms with Crippen molar-refractivity contribution in [1.82, 2.24) is 14.8 Å². The fourth-order valence-corrected chi connectivity index (χ4v) is 3.19. The van der Waals surface area contributed by atoms with Gasteiger partial charge < -0.3 is 4.74 Å². The highest BCUT2D eigenvalue weighted by atomic mass is 35.5. The third-order valence-electron chi connectivity index (χ3n) is 3.15. The third-order valence-corrected chi connectivity index (χ3v) is 4.38. The number of rotatable bonds is 5. The summed E-state index contributed by atoms with van der Waals surface area (Å²) in [5, 5.41) is 9.72. The number of benzene rings is 2. The number of hydrogen-bond donors (Lipinski definition) is 0. The second-order valence-electron chi connectivity index (χ2n) is 4.56. The van der Waals surface area contributed by atoms with Gasteiger partial charge in [0.05, 0.1) is 7.11 Å². The first-order valence-electron chi connectivity index (χ1n) is 6.68. The first-order valence-corrected chi connectivity index (χ1v) is 8.05. The predicted molar refractivity (Wildman–Crippen MR) is 88.9 cm³/mol. The van der Waals surface area contributed by atoms with Crippen LogP contribution < -0.4 is 4.74 Å². The molecule has 22 heavy (non-hydrogen) atoms.